The van der Waals surface area contributed by atoms with Crippen molar-refractivity contribution in [2.75, 3.05) is 33.7 Å². The van der Waals surface area contributed by atoms with Gasteiger partial charge in [0.2, 0.25) is 0 Å². The van der Waals surface area contributed by atoms with E-state index in [1.165, 1.54) is 0 Å². The van der Waals surface area contributed by atoms with Crippen LogP contribution in [0.3, 0.4) is 0 Å². The van der Waals surface area contributed by atoms with Crippen LogP contribution in [0.25, 0.3) is 0 Å². The summed E-state index contributed by atoms with van der Waals surface area (Å²) in [4.78, 5) is 0. The molecule has 0 radical (unpaired) electrons. The Morgan fingerprint density at radius 2 is 1.85 bits per heavy atom. The lowest BCUT2D eigenvalue weighted by Gasteiger charge is -2.37. The van der Waals surface area contributed by atoms with Gasteiger partial charge in [-0.15, -0.1) is 6.58 Å². The highest BCUT2D eigenvalue weighted by atomic mass is 28.4. The Hall–Kier alpha value is -0.203. The summed E-state index contributed by atoms with van der Waals surface area (Å²) in [5.41, 5.74) is 0. The van der Waals surface area contributed by atoms with E-state index in [1.807, 2.05) is 6.08 Å². The van der Waals surface area contributed by atoms with E-state index >= 15 is 0 Å². The van der Waals surface area contributed by atoms with E-state index in [9.17, 15) is 0 Å². The normalized spacial score (nSPS) is 14.3. The maximum absolute atomic E-state index is 6.17. The van der Waals surface area contributed by atoms with Crippen LogP contribution < -0.4 is 0 Å². The van der Waals surface area contributed by atoms with E-state index in [4.69, 9.17) is 18.6 Å². The zero-order valence-corrected chi connectivity index (χ0v) is 15.0. The van der Waals surface area contributed by atoms with Gasteiger partial charge in [-0.3, -0.25) is 0 Å². The maximum Gasteiger partial charge on any atom is 0.192 e. The molecule has 20 heavy (non-hydrogen) atoms. The molecule has 0 fully saturated rings. The minimum Gasteiger partial charge on any atom is -0.414 e. The Bertz CT molecular complexity index is 261. The van der Waals surface area contributed by atoms with E-state index in [0.717, 1.165) is 6.42 Å². The van der Waals surface area contributed by atoms with Gasteiger partial charge in [0.25, 0.3) is 0 Å². The third-order valence-corrected chi connectivity index (χ3v) is 8.19. The largest absolute Gasteiger partial charge is 0.414 e. The van der Waals surface area contributed by atoms with Crippen molar-refractivity contribution in [3.05, 3.63) is 12.7 Å². The van der Waals surface area contributed by atoms with Crippen molar-refractivity contribution < 1.29 is 18.6 Å². The summed E-state index contributed by atoms with van der Waals surface area (Å²) >= 11 is 0. The smallest absolute Gasteiger partial charge is 0.192 e. The zero-order chi connectivity index (χ0) is 15.6. The van der Waals surface area contributed by atoms with Crippen molar-refractivity contribution in [3.8, 4) is 0 Å². The van der Waals surface area contributed by atoms with Gasteiger partial charge < -0.3 is 18.6 Å². The monoisotopic (exact) mass is 304 g/mol. The molecule has 0 spiro atoms. The van der Waals surface area contributed by atoms with Crippen LogP contribution in [0.15, 0.2) is 12.7 Å². The molecule has 0 rings (SSSR count). The third-order valence-electron chi connectivity index (χ3n) is 3.68. The fourth-order valence-corrected chi connectivity index (χ4v) is 2.27. The Labute approximate surface area is 125 Å². The van der Waals surface area contributed by atoms with Crippen molar-refractivity contribution in [1.29, 1.82) is 0 Å². The highest BCUT2D eigenvalue weighted by molar-refractivity contribution is 6.74. The van der Waals surface area contributed by atoms with Gasteiger partial charge in [-0.05, 0) is 24.6 Å². The summed E-state index contributed by atoms with van der Waals surface area (Å²) in [5, 5.41) is 0.209. The van der Waals surface area contributed by atoms with Gasteiger partial charge in [-0.1, -0.05) is 26.8 Å². The number of hydrogen-bond donors (Lipinski definition) is 0. The predicted octanol–water partition coefficient (Wildman–Crippen LogP) is 3.59. The number of ether oxygens (including phenoxy) is 3. The molecular weight excluding hydrogens is 272 g/mol. The standard InChI is InChI=1S/C15H32O4Si/c1-8-9-14(18-13-17-11-10-16-5)12-19-20(6,7)15(2,3)4/h8,14H,1,9-13H2,2-7H3/t14-/m1/s1. The fourth-order valence-electron chi connectivity index (χ4n) is 1.23. The first-order chi connectivity index (χ1) is 9.24. The van der Waals surface area contributed by atoms with Crippen molar-refractivity contribution in [2.45, 2.75) is 51.4 Å². The molecule has 0 saturated heterocycles. The molecule has 0 aromatic carbocycles. The maximum atomic E-state index is 6.17. The van der Waals surface area contributed by atoms with Gasteiger partial charge >= 0.3 is 0 Å². The number of hydrogen-bond acceptors (Lipinski definition) is 4. The number of methoxy groups -OCH3 is 1. The summed E-state index contributed by atoms with van der Waals surface area (Å²) in [6.07, 6.45) is 2.63. The highest BCUT2D eigenvalue weighted by Crippen LogP contribution is 2.36. The topological polar surface area (TPSA) is 36.9 Å². The van der Waals surface area contributed by atoms with Crippen LogP contribution in [0.5, 0.6) is 0 Å². The van der Waals surface area contributed by atoms with Gasteiger partial charge in [-0.25, -0.2) is 0 Å². The molecule has 4 nitrogen and oxygen atoms in total. The Morgan fingerprint density at radius 1 is 1.20 bits per heavy atom. The Balaban J connectivity index is 4.11. The lowest BCUT2D eigenvalue weighted by atomic mass is 10.2. The Morgan fingerprint density at radius 3 is 2.35 bits per heavy atom. The SMILES string of the molecule is C=CC[C@H](CO[Si](C)(C)C(C)(C)C)OCOCCOC. The van der Waals surface area contributed by atoms with Crippen molar-refractivity contribution in [2.24, 2.45) is 0 Å². The van der Waals surface area contributed by atoms with Crippen LogP contribution in [0.1, 0.15) is 27.2 Å². The molecule has 0 heterocycles. The average molecular weight is 305 g/mol. The first kappa shape index (κ1) is 19.8. The molecule has 0 saturated carbocycles. The molecule has 0 bridgehead atoms. The molecule has 5 heteroatoms. The summed E-state index contributed by atoms with van der Waals surface area (Å²) in [7, 11) is -0.0814. The van der Waals surface area contributed by atoms with E-state index in [0.29, 0.717) is 19.8 Å². The second-order valence-electron chi connectivity index (χ2n) is 6.40. The predicted molar refractivity (Wildman–Crippen MR) is 85.5 cm³/mol. The van der Waals surface area contributed by atoms with E-state index < -0.39 is 8.32 Å². The first-order valence-corrected chi connectivity index (χ1v) is 10.1. The average Bonchev–Trinajstić information content (AvgIpc) is 2.34. The molecule has 0 amide bonds. The van der Waals surface area contributed by atoms with Crippen LogP contribution in [0.4, 0.5) is 0 Å². The van der Waals surface area contributed by atoms with Crippen LogP contribution in [0, 0.1) is 0 Å². The quantitative estimate of drug-likeness (QED) is 0.253. The van der Waals surface area contributed by atoms with Crippen LogP contribution in [-0.2, 0) is 18.6 Å². The molecule has 0 aliphatic heterocycles. The molecule has 0 aliphatic carbocycles. The first-order valence-electron chi connectivity index (χ1n) is 7.17. The third kappa shape index (κ3) is 8.17. The lowest BCUT2D eigenvalue weighted by molar-refractivity contribution is -0.106. The van der Waals surface area contributed by atoms with Crippen LogP contribution in [-0.4, -0.2) is 48.1 Å². The molecule has 0 aromatic rings. The zero-order valence-electron chi connectivity index (χ0n) is 14.0. The molecule has 0 aromatic heterocycles. The van der Waals surface area contributed by atoms with Crippen molar-refractivity contribution in [1.82, 2.24) is 0 Å². The summed E-state index contributed by atoms with van der Waals surface area (Å²) in [5.74, 6) is 0. The Kier molecular flexibility index (Phi) is 9.58. The van der Waals surface area contributed by atoms with Crippen LogP contribution >= 0.6 is 0 Å². The highest BCUT2D eigenvalue weighted by Gasteiger charge is 2.37. The van der Waals surface area contributed by atoms with Crippen molar-refractivity contribution in [3.63, 3.8) is 0 Å². The molecule has 120 valence electrons. The second kappa shape index (κ2) is 9.68. The van der Waals surface area contributed by atoms with Gasteiger partial charge in [0, 0.05) is 7.11 Å². The minimum atomic E-state index is -1.73. The summed E-state index contributed by atoms with van der Waals surface area (Å²) in [6.45, 7) is 16.9. The fraction of sp³-hybridized carbons (Fsp3) is 0.867. The van der Waals surface area contributed by atoms with Crippen molar-refractivity contribution >= 4 is 8.32 Å². The summed E-state index contributed by atoms with van der Waals surface area (Å²) in [6, 6.07) is 0. The molecule has 0 unspecified atom stereocenters. The molecular formula is C15H32O4Si. The van der Waals surface area contributed by atoms with Gasteiger partial charge in [0.1, 0.15) is 6.79 Å². The van der Waals surface area contributed by atoms with E-state index in [1.54, 1.807) is 7.11 Å². The number of rotatable bonds is 11. The molecule has 1 atom stereocenters. The minimum absolute atomic E-state index is 0.00386. The van der Waals surface area contributed by atoms with Crippen LogP contribution in [0.2, 0.25) is 18.1 Å². The molecule has 0 N–H and O–H groups in total. The van der Waals surface area contributed by atoms with E-state index in [2.05, 4.69) is 40.4 Å². The van der Waals surface area contributed by atoms with Gasteiger partial charge in [0.15, 0.2) is 8.32 Å². The molecule has 0 aliphatic rings. The second-order valence-corrected chi connectivity index (χ2v) is 11.2. The van der Waals surface area contributed by atoms with E-state index in [-0.39, 0.29) is 17.9 Å². The lowest BCUT2D eigenvalue weighted by Crippen LogP contribution is -2.43. The van der Waals surface area contributed by atoms with Gasteiger partial charge in [0.05, 0.1) is 25.9 Å². The summed E-state index contributed by atoms with van der Waals surface area (Å²) < 4.78 is 22.1. The van der Waals surface area contributed by atoms with Gasteiger partial charge in [-0.2, -0.15) is 0 Å².